The summed E-state index contributed by atoms with van der Waals surface area (Å²) in [5, 5.41) is 10.3. The van der Waals surface area contributed by atoms with Crippen molar-refractivity contribution in [2.45, 2.75) is 6.92 Å². The van der Waals surface area contributed by atoms with Gasteiger partial charge in [-0.05, 0) is 12.1 Å². The van der Waals surface area contributed by atoms with Crippen molar-refractivity contribution >= 4 is 50.2 Å². The Balaban J connectivity index is 2.77. The maximum Gasteiger partial charge on any atom is 0.271 e. The smallest absolute Gasteiger partial charge is 0.271 e. The van der Waals surface area contributed by atoms with E-state index in [2.05, 4.69) is 21.1 Å². The average Bonchev–Trinajstić information content (AvgIpc) is 2.33. The number of fused-ring (bicyclic) bond motifs is 1. The molecule has 0 saturated heterocycles. The Morgan fingerprint density at radius 3 is 2.83 bits per heavy atom. The van der Waals surface area contributed by atoms with Crippen LogP contribution in [0.25, 0.3) is 10.9 Å². The van der Waals surface area contributed by atoms with Crippen molar-refractivity contribution in [3.05, 3.63) is 33.8 Å². The zero-order valence-electron chi connectivity index (χ0n) is 9.09. The topological polar surface area (TPSA) is 75.4 Å². The minimum absolute atomic E-state index is 0.0374. The minimum atomic E-state index is -0.593. The summed E-state index contributed by atoms with van der Waals surface area (Å²) >= 11 is 9.02. The molecule has 0 atom stereocenters. The predicted octanol–water partition coefficient (Wildman–Crippen LogP) is 1.95. The van der Waals surface area contributed by atoms with Crippen LogP contribution in [0.5, 0.6) is 0 Å². The minimum Gasteiger partial charge on any atom is -0.281 e. The number of nitrogens with zero attached hydrogens (tertiary/aromatic N) is 3. The lowest BCUT2D eigenvalue weighted by Gasteiger charge is -2.14. The van der Waals surface area contributed by atoms with Crippen LogP contribution in [0, 0.1) is 0 Å². The Morgan fingerprint density at radius 1 is 1.56 bits per heavy atom. The molecule has 0 fully saturated rings. The summed E-state index contributed by atoms with van der Waals surface area (Å²) in [6.45, 7) is 1.18. The Kier molecular flexibility index (Phi) is 3.38. The lowest BCUT2D eigenvalue weighted by Crippen LogP contribution is -2.24. The summed E-state index contributed by atoms with van der Waals surface area (Å²) in [6, 6.07) is 2.82. The van der Waals surface area contributed by atoms with E-state index >= 15 is 0 Å². The van der Waals surface area contributed by atoms with Gasteiger partial charge in [0, 0.05) is 6.92 Å². The Morgan fingerprint density at radius 2 is 2.22 bits per heavy atom. The molecule has 18 heavy (non-hydrogen) atoms. The first-order valence-electron chi connectivity index (χ1n) is 4.79. The number of anilines is 1. The number of benzene rings is 1. The van der Waals surface area contributed by atoms with Gasteiger partial charge in [0.1, 0.15) is 6.33 Å². The number of rotatable bonds is 1. The van der Waals surface area contributed by atoms with Crippen LogP contribution >= 0.6 is 27.7 Å². The number of hydrogen-bond donors (Lipinski definition) is 1. The van der Waals surface area contributed by atoms with Crippen LogP contribution in [0.4, 0.5) is 5.69 Å². The van der Waals surface area contributed by atoms with Crippen LogP contribution in [0.2, 0.25) is 5.02 Å². The second-order valence-corrected chi connectivity index (χ2v) is 4.63. The van der Waals surface area contributed by atoms with Crippen LogP contribution in [-0.2, 0) is 4.79 Å². The molecule has 0 saturated carbocycles. The highest BCUT2D eigenvalue weighted by molar-refractivity contribution is 9.08. The Hall–Kier alpha value is -1.44. The number of hydrogen-bond acceptors (Lipinski definition) is 4. The van der Waals surface area contributed by atoms with Crippen molar-refractivity contribution in [2.75, 3.05) is 5.06 Å². The van der Waals surface area contributed by atoms with Gasteiger partial charge < -0.3 is 0 Å². The fourth-order valence-corrected chi connectivity index (χ4v) is 2.04. The van der Waals surface area contributed by atoms with E-state index in [0.717, 1.165) is 3.59 Å². The number of carbonyl (C=O) groups excluding carboxylic acids is 1. The van der Waals surface area contributed by atoms with E-state index < -0.39 is 5.91 Å². The first-order valence-corrected chi connectivity index (χ1v) is 5.88. The zero-order chi connectivity index (χ0) is 13.4. The van der Waals surface area contributed by atoms with Crippen LogP contribution in [0.15, 0.2) is 23.3 Å². The highest BCUT2D eigenvalue weighted by atomic mass is 79.9. The summed E-state index contributed by atoms with van der Waals surface area (Å²) in [5.74, 6) is -0.593. The zero-order valence-corrected chi connectivity index (χ0v) is 11.4. The van der Waals surface area contributed by atoms with Crippen molar-refractivity contribution in [1.82, 2.24) is 8.58 Å². The lowest BCUT2D eigenvalue weighted by molar-refractivity contribution is -0.121. The van der Waals surface area contributed by atoms with Gasteiger partial charge in [-0.15, -0.1) is 0 Å². The molecule has 94 valence electrons. The highest BCUT2D eigenvalue weighted by Crippen LogP contribution is 2.30. The predicted molar refractivity (Wildman–Crippen MR) is 70.3 cm³/mol. The van der Waals surface area contributed by atoms with Crippen molar-refractivity contribution in [3.63, 3.8) is 0 Å². The van der Waals surface area contributed by atoms with Gasteiger partial charge in [0.2, 0.25) is 5.91 Å². The van der Waals surface area contributed by atoms with E-state index in [1.165, 1.54) is 25.4 Å². The molecule has 8 heteroatoms. The second-order valence-electron chi connectivity index (χ2n) is 3.49. The first kappa shape index (κ1) is 13.0. The molecule has 1 amide bonds. The van der Waals surface area contributed by atoms with E-state index in [9.17, 15) is 14.8 Å². The summed E-state index contributed by atoms with van der Waals surface area (Å²) < 4.78 is 1.13. The number of hydroxylamine groups is 1. The van der Waals surface area contributed by atoms with E-state index in [-0.39, 0.29) is 27.2 Å². The highest BCUT2D eigenvalue weighted by Gasteiger charge is 2.16. The van der Waals surface area contributed by atoms with Gasteiger partial charge in [0.25, 0.3) is 5.56 Å². The summed E-state index contributed by atoms with van der Waals surface area (Å²) in [7, 11) is 0. The SMILES string of the molecule is CC(=O)N(O)c1ccc2c(=O)n(Br)cnc2c1Cl. The molecule has 0 spiro atoms. The van der Waals surface area contributed by atoms with Crippen molar-refractivity contribution in [1.29, 1.82) is 0 Å². The van der Waals surface area contributed by atoms with E-state index in [1.807, 2.05) is 0 Å². The van der Waals surface area contributed by atoms with Crippen molar-refractivity contribution < 1.29 is 10.0 Å². The molecule has 1 N–H and O–H groups in total. The standard InChI is InChI=1S/C10H7BrClN3O3/c1-5(16)15(18)7-3-2-6-9(8(7)12)13-4-14(11)10(6)17/h2-4,18H,1H3. The monoisotopic (exact) mass is 331 g/mol. The molecule has 0 aliphatic rings. The molecular weight excluding hydrogens is 325 g/mol. The van der Waals surface area contributed by atoms with Crippen molar-refractivity contribution in [3.8, 4) is 0 Å². The average molecular weight is 333 g/mol. The van der Waals surface area contributed by atoms with Gasteiger partial charge in [-0.2, -0.15) is 5.06 Å². The molecule has 0 aliphatic heterocycles. The maximum atomic E-state index is 11.8. The van der Waals surface area contributed by atoms with Gasteiger partial charge in [0.15, 0.2) is 0 Å². The fraction of sp³-hybridized carbons (Fsp3) is 0.100. The van der Waals surface area contributed by atoms with E-state index in [1.54, 1.807) is 0 Å². The van der Waals surface area contributed by atoms with Crippen LogP contribution < -0.4 is 10.6 Å². The van der Waals surface area contributed by atoms with Crippen LogP contribution in [-0.4, -0.2) is 19.7 Å². The van der Waals surface area contributed by atoms with Gasteiger partial charge in [-0.25, -0.2) is 8.58 Å². The number of aromatic nitrogens is 2. The molecule has 0 bridgehead atoms. The largest absolute Gasteiger partial charge is 0.281 e. The molecule has 6 nitrogen and oxygen atoms in total. The third-order valence-electron chi connectivity index (χ3n) is 2.33. The van der Waals surface area contributed by atoms with Gasteiger partial charge in [-0.3, -0.25) is 14.8 Å². The van der Waals surface area contributed by atoms with E-state index in [0.29, 0.717) is 5.06 Å². The van der Waals surface area contributed by atoms with Crippen LogP contribution in [0.3, 0.4) is 0 Å². The summed E-state index contributed by atoms with van der Waals surface area (Å²) in [5.41, 5.74) is -0.0354. The normalized spacial score (nSPS) is 10.7. The molecular formula is C10H7BrClN3O3. The molecule has 1 aromatic heterocycles. The molecule has 0 aliphatic carbocycles. The summed E-state index contributed by atoms with van der Waals surface area (Å²) in [4.78, 5) is 26.8. The van der Waals surface area contributed by atoms with Gasteiger partial charge in [0.05, 0.1) is 37.8 Å². The molecule has 0 radical (unpaired) electrons. The number of amides is 1. The van der Waals surface area contributed by atoms with Crippen LogP contribution in [0.1, 0.15) is 6.92 Å². The fourth-order valence-electron chi connectivity index (χ4n) is 1.46. The Bertz CT molecular complexity index is 701. The molecule has 2 rings (SSSR count). The molecule has 1 aromatic carbocycles. The van der Waals surface area contributed by atoms with Gasteiger partial charge >= 0.3 is 0 Å². The summed E-state index contributed by atoms with van der Waals surface area (Å²) in [6.07, 6.45) is 1.25. The molecule has 1 heterocycles. The second kappa shape index (κ2) is 4.68. The number of carbonyl (C=O) groups is 1. The third kappa shape index (κ3) is 2.00. The van der Waals surface area contributed by atoms with Gasteiger partial charge in [-0.1, -0.05) is 11.6 Å². The quantitative estimate of drug-likeness (QED) is 0.640. The maximum absolute atomic E-state index is 11.8. The first-order chi connectivity index (χ1) is 8.43. The lowest BCUT2D eigenvalue weighted by atomic mass is 10.2. The third-order valence-corrected chi connectivity index (χ3v) is 3.21. The molecule has 2 aromatic rings. The van der Waals surface area contributed by atoms with E-state index in [4.69, 9.17) is 11.6 Å². The van der Waals surface area contributed by atoms with Crippen molar-refractivity contribution in [2.24, 2.45) is 0 Å². The Labute approximate surface area is 115 Å². The molecule has 0 unspecified atom stereocenters. The number of halogens is 2.